The lowest BCUT2D eigenvalue weighted by Crippen LogP contribution is -2.61. The zero-order chi connectivity index (χ0) is 51.4. The van der Waals surface area contributed by atoms with Gasteiger partial charge in [-0.25, -0.2) is 0 Å². The average Bonchev–Trinajstić information content (AvgIpc) is 3.85. The molecule has 4 heterocycles. The molecule has 74 heavy (non-hydrogen) atoms. The Balaban J connectivity index is 1.11. The summed E-state index contributed by atoms with van der Waals surface area (Å²) < 4.78 is 6.46. The molecule has 0 spiro atoms. The highest BCUT2D eigenvalue weighted by Gasteiger charge is 2.58. The van der Waals surface area contributed by atoms with Gasteiger partial charge in [0, 0.05) is 61.6 Å². The van der Waals surface area contributed by atoms with Gasteiger partial charge in [0.05, 0.1) is 11.2 Å². The summed E-state index contributed by atoms with van der Waals surface area (Å²) >= 11 is 0. The average molecular weight is 968 g/mol. The fourth-order valence-electron chi connectivity index (χ4n) is 13.8. The lowest BCUT2D eigenvalue weighted by Gasteiger charge is -2.51. The van der Waals surface area contributed by atoms with Gasteiger partial charge in [0.2, 0.25) is 0 Å². The van der Waals surface area contributed by atoms with E-state index in [2.05, 4.69) is 256 Å². The minimum absolute atomic E-state index is 0.00159. The number of hydrogen-bond acceptors (Lipinski definition) is 4. The van der Waals surface area contributed by atoms with Crippen LogP contribution in [0.3, 0.4) is 0 Å². The first-order valence-electron chi connectivity index (χ1n) is 27.3. The monoisotopic (exact) mass is 968 g/mol. The van der Waals surface area contributed by atoms with Gasteiger partial charge in [-0.3, -0.25) is 0 Å². The normalized spacial score (nSPS) is 19.1. The molecule has 1 aliphatic carbocycles. The summed E-state index contributed by atoms with van der Waals surface area (Å²) in [5.41, 5.74) is 24.7. The third kappa shape index (κ3) is 6.87. The zero-order valence-corrected chi connectivity index (χ0v) is 45.7. The maximum absolute atomic E-state index is 6.46. The molecule has 9 aromatic rings. The predicted octanol–water partition coefficient (Wildman–Crippen LogP) is 17.3. The van der Waals surface area contributed by atoms with E-state index in [0.29, 0.717) is 0 Å². The minimum Gasteiger partial charge on any atom is -0.456 e. The maximum atomic E-state index is 6.46. The molecule has 1 fully saturated rings. The standard InChI is InChI=1S/C69H70BN3O/c1-43-36-60-64-61(37-43)72(56-31-25-45(65(2,3)4)38-51(56)44-20-14-13-15-21-44)59-42-49(73-57-32-26-46(66(5,6)7)39-53(57)68(11)34-18-19-35-69(68,73)12)27-30-55(59)70(64)54-29-24-47(67(8,9)10)40-58(54)71(60)48-28-33-63-52(41-48)50-22-16-17-23-62(50)74-63/h13-17,20-33,36-42H,18-19,34-35H2,1-12H3. The Morgan fingerprint density at radius 2 is 1.05 bits per heavy atom. The van der Waals surface area contributed by atoms with Gasteiger partial charge in [-0.2, -0.15) is 0 Å². The number of rotatable bonds is 4. The van der Waals surface area contributed by atoms with Crippen molar-refractivity contribution in [2.45, 2.75) is 136 Å². The second-order valence-corrected chi connectivity index (χ2v) is 25.8. The molecular formula is C69H70BN3O. The lowest BCUT2D eigenvalue weighted by molar-refractivity contribution is 0.195. The van der Waals surface area contributed by atoms with Gasteiger partial charge < -0.3 is 19.1 Å². The molecular weight excluding hydrogens is 898 g/mol. The summed E-state index contributed by atoms with van der Waals surface area (Å²) in [7, 11) is 0. The molecule has 0 bridgehead atoms. The van der Waals surface area contributed by atoms with E-state index in [-0.39, 0.29) is 33.9 Å². The van der Waals surface area contributed by atoms with Crippen LogP contribution >= 0.6 is 0 Å². The maximum Gasteiger partial charge on any atom is 0.252 e. The van der Waals surface area contributed by atoms with Gasteiger partial charge >= 0.3 is 0 Å². The lowest BCUT2D eigenvalue weighted by atomic mass is 9.33. The smallest absolute Gasteiger partial charge is 0.252 e. The van der Waals surface area contributed by atoms with E-state index in [1.165, 1.54) is 114 Å². The van der Waals surface area contributed by atoms with E-state index in [0.717, 1.165) is 34.0 Å². The topological polar surface area (TPSA) is 22.9 Å². The molecule has 2 unspecified atom stereocenters. The van der Waals surface area contributed by atoms with Crippen molar-refractivity contribution in [3.63, 3.8) is 0 Å². The molecule has 0 amide bonds. The number of nitrogens with zero attached hydrogens (tertiary/aromatic N) is 3. The van der Waals surface area contributed by atoms with E-state index >= 15 is 0 Å². The summed E-state index contributed by atoms with van der Waals surface area (Å²) in [4.78, 5) is 8.02. The number of anilines is 8. The van der Waals surface area contributed by atoms with Gasteiger partial charge in [0.25, 0.3) is 6.71 Å². The Morgan fingerprint density at radius 1 is 0.473 bits per heavy atom. The van der Waals surface area contributed by atoms with Gasteiger partial charge in [0.1, 0.15) is 11.2 Å². The Kier molecular flexibility index (Phi) is 10.1. The van der Waals surface area contributed by atoms with Crippen molar-refractivity contribution in [3.05, 3.63) is 186 Å². The molecule has 370 valence electrons. The molecule has 4 nitrogen and oxygen atoms in total. The third-order valence-corrected chi connectivity index (χ3v) is 18.1. The number of benzene rings is 8. The van der Waals surface area contributed by atoms with E-state index in [1.54, 1.807) is 0 Å². The van der Waals surface area contributed by atoms with E-state index < -0.39 is 0 Å². The van der Waals surface area contributed by atoms with Crippen LogP contribution in [0, 0.1) is 6.92 Å². The number of aryl methyl sites for hydroxylation is 1. The van der Waals surface area contributed by atoms with Gasteiger partial charge in [-0.1, -0.05) is 167 Å². The summed E-state index contributed by atoms with van der Waals surface area (Å²) in [6.07, 6.45) is 4.81. The highest BCUT2D eigenvalue weighted by atomic mass is 16.3. The van der Waals surface area contributed by atoms with Crippen LogP contribution in [-0.4, -0.2) is 12.3 Å². The molecule has 4 aliphatic rings. The molecule has 3 aliphatic heterocycles. The number of hydrogen-bond donors (Lipinski definition) is 0. The SMILES string of the molecule is Cc1cc2c3c(c1)N(c1ccc(C(C)(C)C)cc1-c1ccccc1)c1cc(N4c5ccc(C(C)(C)C)cc5C5(C)CCCCC45C)ccc1B3c1ccc(C(C)(C)C)cc1N2c1ccc2oc3ccccc3c2c1. The molecule has 0 radical (unpaired) electrons. The highest BCUT2D eigenvalue weighted by Crippen LogP contribution is 2.62. The third-order valence-electron chi connectivity index (χ3n) is 18.1. The molecule has 8 aromatic carbocycles. The van der Waals surface area contributed by atoms with Gasteiger partial charge in [-0.05, 0) is 165 Å². The fraction of sp³-hybridized carbons (Fsp3) is 0.304. The Hall–Kier alpha value is -6.98. The van der Waals surface area contributed by atoms with Crippen LogP contribution in [0.4, 0.5) is 45.5 Å². The Bertz CT molecular complexity index is 3770. The first-order chi connectivity index (χ1) is 35.2. The second-order valence-electron chi connectivity index (χ2n) is 25.8. The van der Waals surface area contributed by atoms with Crippen molar-refractivity contribution in [1.29, 1.82) is 0 Å². The van der Waals surface area contributed by atoms with E-state index in [9.17, 15) is 0 Å². The summed E-state index contributed by atoms with van der Waals surface area (Å²) in [6.45, 7) is 28.5. The largest absolute Gasteiger partial charge is 0.456 e. The predicted molar refractivity (Wildman–Crippen MR) is 317 cm³/mol. The highest BCUT2D eigenvalue weighted by molar-refractivity contribution is 7.00. The van der Waals surface area contributed by atoms with Crippen LogP contribution < -0.4 is 31.1 Å². The van der Waals surface area contributed by atoms with E-state index in [1.807, 2.05) is 0 Å². The van der Waals surface area contributed by atoms with Crippen LogP contribution in [0.2, 0.25) is 0 Å². The minimum atomic E-state index is -0.105. The van der Waals surface area contributed by atoms with Crippen LogP contribution in [0.5, 0.6) is 0 Å². The summed E-state index contributed by atoms with van der Waals surface area (Å²) in [5, 5.41) is 2.26. The van der Waals surface area contributed by atoms with Crippen molar-refractivity contribution in [1.82, 2.24) is 0 Å². The van der Waals surface area contributed by atoms with Crippen LogP contribution in [0.15, 0.2) is 162 Å². The molecule has 1 aromatic heterocycles. The Labute approximate surface area is 440 Å². The van der Waals surface area contributed by atoms with Crippen LogP contribution in [0.1, 0.15) is 130 Å². The molecule has 0 saturated heterocycles. The van der Waals surface area contributed by atoms with Crippen molar-refractivity contribution in [2.75, 3.05) is 14.7 Å². The number of para-hydroxylation sites is 1. The van der Waals surface area contributed by atoms with E-state index in [4.69, 9.17) is 4.42 Å². The van der Waals surface area contributed by atoms with Crippen LogP contribution in [-0.2, 0) is 21.7 Å². The molecule has 5 heteroatoms. The quantitative estimate of drug-likeness (QED) is 0.164. The zero-order valence-electron chi connectivity index (χ0n) is 45.7. The molecule has 2 atom stereocenters. The number of fused-ring (bicyclic) bond motifs is 10. The second kappa shape index (κ2) is 16.0. The van der Waals surface area contributed by atoms with Crippen molar-refractivity contribution in [2.24, 2.45) is 0 Å². The van der Waals surface area contributed by atoms with Crippen molar-refractivity contribution >= 4 is 90.5 Å². The number of furan rings is 1. The molecule has 13 rings (SSSR count). The summed E-state index contributed by atoms with van der Waals surface area (Å²) in [5.74, 6) is 0. The van der Waals surface area contributed by atoms with Crippen LogP contribution in [0.25, 0.3) is 33.1 Å². The Morgan fingerprint density at radius 3 is 1.78 bits per heavy atom. The van der Waals surface area contributed by atoms with Gasteiger partial charge in [0.15, 0.2) is 0 Å². The first-order valence-corrected chi connectivity index (χ1v) is 27.3. The first kappa shape index (κ1) is 46.8. The fourth-order valence-corrected chi connectivity index (χ4v) is 13.8. The van der Waals surface area contributed by atoms with Crippen molar-refractivity contribution in [3.8, 4) is 11.1 Å². The summed E-state index contributed by atoms with van der Waals surface area (Å²) in [6, 6.07) is 61.0. The van der Waals surface area contributed by atoms with Gasteiger partial charge in [-0.15, -0.1) is 0 Å². The molecule has 0 N–H and O–H groups in total. The van der Waals surface area contributed by atoms with Crippen molar-refractivity contribution < 1.29 is 4.42 Å². The molecule has 1 saturated carbocycles.